The van der Waals surface area contributed by atoms with E-state index >= 15 is 0 Å². The van der Waals surface area contributed by atoms with Crippen molar-refractivity contribution in [3.8, 4) is 0 Å². The van der Waals surface area contributed by atoms with Crippen LogP contribution in [0, 0.1) is 17.5 Å². The molecule has 0 atom stereocenters. The summed E-state index contributed by atoms with van der Waals surface area (Å²) in [5.41, 5.74) is -1.42. The van der Waals surface area contributed by atoms with Crippen LogP contribution in [0.15, 0.2) is 36.4 Å². The summed E-state index contributed by atoms with van der Waals surface area (Å²) in [6.45, 7) is 0.429. The van der Waals surface area contributed by atoms with Crippen molar-refractivity contribution in [3.63, 3.8) is 0 Å². The minimum atomic E-state index is -4.51. The first kappa shape index (κ1) is 21.7. The number of hydrogen-bond donors (Lipinski definition) is 0. The molecular weight excluding hydrogens is 414 g/mol. The molecule has 2 amide bonds. The molecule has 3 rings (SSSR count). The van der Waals surface area contributed by atoms with Gasteiger partial charge in [0.25, 0.3) is 11.8 Å². The zero-order chi connectivity index (χ0) is 22.1. The van der Waals surface area contributed by atoms with Gasteiger partial charge in [0.05, 0.1) is 11.1 Å². The lowest BCUT2D eigenvalue weighted by Crippen LogP contribution is -2.37. The monoisotopic (exact) mass is 430 g/mol. The van der Waals surface area contributed by atoms with Crippen molar-refractivity contribution >= 4 is 11.8 Å². The summed E-state index contributed by atoms with van der Waals surface area (Å²) in [5.74, 6) is -6.07. The minimum absolute atomic E-state index is 0.00361. The largest absolute Gasteiger partial charge is 0.416 e. The number of carbonyl (C=O) groups is 2. The second-order valence-corrected chi connectivity index (χ2v) is 6.74. The van der Waals surface area contributed by atoms with Crippen molar-refractivity contribution in [2.75, 3.05) is 26.2 Å². The Labute approximate surface area is 167 Å². The number of benzene rings is 2. The van der Waals surface area contributed by atoms with Crippen LogP contribution in [0.2, 0.25) is 0 Å². The predicted octanol–water partition coefficient (Wildman–Crippen LogP) is 4.11. The van der Waals surface area contributed by atoms with Crippen molar-refractivity contribution < 1.29 is 35.9 Å². The van der Waals surface area contributed by atoms with Crippen LogP contribution in [0.1, 0.15) is 32.7 Å². The maximum atomic E-state index is 13.9. The molecule has 10 heteroatoms. The van der Waals surface area contributed by atoms with Crippen LogP contribution < -0.4 is 0 Å². The summed E-state index contributed by atoms with van der Waals surface area (Å²) < 4.78 is 78.4. The molecule has 2 aromatic carbocycles. The first-order valence-electron chi connectivity index (χ1n) is 8.99. The summed E-state index contributed by atoms with van der Waals surface area (Å²) in [7, 11) is 0. The molecule has 0 bridgehead atoms. The van der Waals surface area contributed by atoms with E-state index in [0.717, 1.165) is 30.3 Å². The summed E-state index contributed by atoms with van der Waals surface area (Å²) in [4.78, 5) is 27.7. The third-order valence-corrected chi connectivity index (χ3v) is 4.80. The van der Waals surface area contributed by atoms with E-state index in [9.17, 15) is 35.9 Å². The quantitative estimate of drug-likeness (QED) is 0.532. The molecule has 0 radical (unpaired) electrons. The Balaban J connectivity index is 1.69. The highest BCUT2D eigenvalue weighted by Gasteiger charge is 2.31. The van der Waals surface area contributed by atoms with Crippen LogP contribution >= 0.6 is 0 Å². The predicted molar refractivity (Wildman–Crippen MR) is 94.2 cm³/mol. The Morgan fingerprint density at radius 1 is 0.733 bits per heavy atom. The maximum absolute atomic E-state index is 13.9. The Morgan fingerprint density at radius 2 is 1.30 bits per heavy atom. The van der Waals surface area contributed by atoms with E-state index in [0.29, 0.717) is 12.5 Å². The molecule has 1 aliphatic rings. The molecule has 2 aromatic rings. The van der Waals surface area contributed by atoms with E-state index in [1.54, 1.807) is 0 Å². The van der Waals surface area contributed by atoms with Crippen molar-refractivity contribution in [2.45, 2.75) is 12.6 Å². The zero-order valence-electron chi connectivity index (χ0n) is 15.5. The molecule has 0 saturated carbocycles. The highest BCUT2D eigenvalue weighted by molar-refractivity contribution is 5.95. The molecule has 160 valence electrons. The highest BCUT2D eigenvalue weighted by atomic mass is 19.4. The molecule has 1 aliphatic heterocycles. The molecule has 0 N–H and O–H groups in total. The van der Waals surface area contributed by atoms with Gasteiger partial charge in [0.2, 0.25) is 0 Å². The first-order chi connectivity index (χ1) is 14.1. The number of amides is 2. The van der Waals surface area contributed by atoms with Gasteiger partial charge in [-0.3, -0.25) is 9.59 Å². The summed E-state index contributed by atoms with van der Waals surface area (Å²) in [6.07, 6.45) is -4.19. The third kappa shape index (κ3) is 4.42. The molecule has 0 spiro atoms. The topological polar surface area (TPSA) is 40.6 Å². The standard InChI is InChI=1S/C20H16F6N2O2/c21-15-7-6-14(16(22)17(15)23)19(30)28-9-1-8-27(10-11-28)18(29)12-2-4-13(5-3-12)20(24,25)26/h2-7H,1,8-11H2. The van der Waals surface area contributed by atoms with Crippen molar-refractivity contribution in [1.29, 1.82) is 0 Å². The SMILES string of the molecule is O=C(c1ccc(C(F)(F)F)cc1)N1CCCN(C(=O)c2ccc(F)c(F)c2F)CC1. The third-order valence-electron chi connectivity index (χ3n) is 4.80. The first-order valence-corrected chi connectivity index (χ1v) is 8.99. The number of alkyl halides is 3. The normalized spacial score (nSPS) is 15.1. The lowest BCUT2D eigenvalue weighted by Gasteiger charge is -2.22. The lowest BCUT2D eigenvalue weighted by atomic mass is 10.1. The van der Waals surface area contributed by atoms with Crippen molar-refractivity contribution in [3.05, 3.63) is 70.5 Å². The van der Waals surface area contributed by atoms with Gasteiger partial charge < -0.3 is 9.80 Å². The number of rotatable bonds is 2. The van der Waals surface area contributed by atoms with Gasteiger partial charge in [-0.15, -0.1) is 0 Å². The fraction of sp³-hybridized carbons (Fsp3) is 0.300. The second kappa shape index (κ2) is 8.37. The number of nitrogens with zero attached hydrogens (tertiary/aromatic N) is 2. The van der Waals surface area contributed by atoms with Crippen LogP contribution in [-0.4, -0.2) is 47.8 Å². The molecule has 1 fully saturated rings. The van der Waals surface area contributed by atoms with Crippen LogP contribution in [0.3, 0.4) is 0 Å². The van der Waals surface area contributed by atoms with E-state index in [-0.39, 0.29) is 31.7 Å². The maximum Gasteiger partial charge on any atom is 0.416 e. The zero-order valence-corrected chi connectivity index (χ0v) is 15.5. The van der Waals surface area contributed by atoms with Gasteiger partial charge in [-0.2, -0.15) is 13.2 Å². The number of hydrogen-bond acceptors (Lipinski definition) is 2. The van der Waals surface area contributed by atoms with Crippen LogP contribution in [0.4, 0.5) is 26.3 Å². The van der Waals surface area contributed by atoms with Gasteiger partial charge >= 0.3 is 6.18 Å². The Morgan fingerprint density at radius 3 is 1.87 bits per heavy atom. The van der Waals surface area contributed by atoms with Gasteiger partial charge in [0.1, 0.15) is 0 Å². The van der Waals surface area contributed by atoms with Gasteiger partial charge in [0, 0.05) is 31.7 Å². The summed E-state index contributed by atoms with van der Waals surface area (Å²) in [5, 5.41) is 0. The molecule has 1 heterocycles. The molecule has 1 saturated heterocycles. The molecule has 0 unspecified atom stereocenters. The van der Waals surface area contributed by atoms with Gasteiger partial charge in [-0.05, 0) is 42.8 Å². The summed E-state index contributed by atoms with van der Waals surface area (Å²) in [6, 6.07) is 5.29. The van der Waals surface area contributed by atoms with E-state index in [4.69, 9.17) is 0 Å². The Hall–Kier alpha value is -3.04. The number of halogens is 6. The molecule has 0 aliphatic carbocycles. The summed E-state index contributed by atoms with van der Waals surface area (Å²) >= 11 is 0. The lowest BCUT2D eigenvalue weighted by molar-refractivity contribution is -0.137. The Kier molecular flexibility index (Phi) is 6.04. The van der Waals surface area contributed by atoms with E-state index in [1.165, 1.54) is 9.80 Å². The highest BCUT2D eigenvalue weighted by Crippen LogP contribution is 2.29. The van der Waals surface area contributed by atoms with Crippen LogP contribution in [0.5, 0.6) is 0 Å². The Bertz CT molecular complexity index is 959. The van der Waals surface area contributed by atoms with E-state index in [2.05, 4.69) is 0 Å². The fourth-order valence-corrected chi connectivity index (χ4v) is 3.17. The fourth-order valence-electron chi connectivity index (χ4n) is 3.17. The molecule has 0 aromatic heterocycles. The number of carbonyl (C=O) groups excluding carboxylic acids is 2. The average Bonchev–Trinajstić information content (AvgIpc) is 2.97. The van der Waals surface area contributed by atoms with Crippen LogP contribution in [0.25, 0.3) is 0 Å². The van der Waals surface area contributed by atoms with Crippen LogP contribution in [-0.2, 0) is 6.18 Å². The minimum Gasteiger partial charge on any atom is -0.337 e. The van der Waals surface area contributed by atoms with Crippen molar-refractivity contribution in [1.82, 2.24) is 9.80 Å². The van der Waals surface area contributed by atoms with E-state index < -0.39 is 46.6 Å². The smallest absolute Gasteiger partial charge is 0.337 e. The second-order valence-electron chi connectivity index (χ2n) is 6.74. The van der Waals surface area contributed by atoms with Gasteiger partial charge in [-0.1, -0.05) is 0 Å². The van der Waals surface area contributed by atoms with Gasteiger partial charge in [0.15, 0.2) is 17.5 Å². The average molecular weight is 430 g/mol. The molecule has 30 heavy (non-hydrogen) atoms. The van der Waals surface area contributed by atoms with E-state index in [1.807, 2.05) is 0 Å². The van der Waals surface area contributed by atoms with Crippen molar-refractivity contribution in [2.24, 2.45) is 0 Å². The molecular formula is C20H16F6N2O2. The molecule has 4 nitrogen and oxygen atoms in total. The van der Waals surface area contributed by atoms with Gasteiger partial charge in [-0.25, -0.2) is 13.2 Å².